The van der Waals surface area contributed by atoms with Crippen LogP contribution in [0.1, 0.15) is 64.7 Å². The number of hydrogen-bond donors (Lipinski definition) is 1. The van der Waals surface area contributed by atoms with Gasteiger partial charge in [0.05, 0.1) is 0 Å². The van der Waals surface area contributed by atoms with Gasteiger partial charge in [0.1, 0.15) is 0 Å². The Morgan fingerprint density at radius 2 is 2.00 bits per heavy atom. The van der Waals surface area contributed by atoms with E-state index in [9.17, 15) is 0 Å². The van der Waals surface area contributed by atoms with E-state index in [0.29, 0.717) is 0 Å². The van der Waals surface area contributed by atoms with Crippen LogP contribution >= 0.6 is 0 Å². The molecule has 2 heteroatoms. The van der Waals surface area contributed by atoms with Crippen molar-refractivity contribution in [1.29, 1.82) is 0 Å². The fourth-order valence-corrected chi connectivity index (χ4v) is 4.57. The van der Waals surface area contributed by atoms with E-state index in [4.69, 9.17) is 4.74 Å². The Balaban J connectivity index is 1.57. The molecular weight excluding hydrogens is 246 g/mol. The van der Waals surface area contributed by atoms with Gasteiger partial charge in [-0.25, -0.2) is 0 Å². The van der Waals surface area contributed by atoms with Crippen molar-refractivity contribution in [2.45, 2.75) is 70.8 Å². The van der Waals surface area contributed by atoms with Crippen LogP contribution in [0.25, 0.3) is 0 Å². The van der Waals surface area contributed by atoms with Gasteiger partial charge in [0.15, 0.2) is 0 Å². The molecule has 2 saturated carbocycles. The molecule has 20 heavy (non-hydrogen) atoms. The summed E-state index contributed by atoms with van der Waals surface area (Å²) < 4.78 is 5.80. The Bertz CT molecular complexity index is 283. The second-order valence-electron chi connectivity index (χ2n) is 7.55. The molecule has 0 aromatic carbocycles. The summed E-state index contributed by atoms with van der Waals surface area (Å²) in [5, 5.41) is 3.80. The topological polar surface area (TPSA) is 21.3 Å². The molecule has 1 saturated heterocycles. The van der Waals surface area contributed by atoms with Crippen LogP contribution in [0.4, 0.5) is 0 Å². The van der Waals surface area contributed by atoms with Crippen molar-refractivity contribution in [2.24, 2.45) is 23.7 Å². The van der Waals surface area contributed by atoms with Gasteiger partial charge < -0.3 is 10.1 Å². The zero-order valence-electron chi connectivity index (χ0n) is 13.3. The van der Waals surface area contributed by atoms with Crippen molar-refractivity contribution in [3.05, 3.63) is 0 Å². The molecule has 1 aliphatic heterocycles. The lowest BCUT2D eigenvalue weighted by Gasteiger charge is -2.42. The molecule has 0 bridgehead atoms. The van der Waals surface area contributed by atoms with Crippen molar-refractivity contribution in [3.63, 3.8) is 0 Å². The minimum Gasteiger partial charge on any atom is -0.381 e. The molecule has 3 aliphatic rings. The van der Waals surface area contributed by atoms with Crippen molar-refractivity contribution in [3.8, 4) is 0 Å². The van der Waals surface area contributed by atoms with Crippen molar-refractivity contribution >= 4 is 0 Å². The van der Waals surface area contributed by atoms with Crippen LogP contribution in [-0.2, 0) is 4.74 Å². The van der Waals surface area contributed by atoms with E-state index in [1.165, 1.54) is 64.3 Å². The molecule has 3 fully saturated rings. The Morgan fingerprint density at radius 1 is 1.10 bits per heavy atom. The standard InChI is InChI=1S/C18H33NO/c1-2-4-14-6-7-15(12-19-17-8-9-17)18(11-14)16-5-3-10-20-13-16/h14-19H,2-13H2,1H3. The molecule has 2 aliphatic carbocycles. The van der Waals surface area contributed by atoms with Crippen LogP contribution < -0.4 is 5.32 Å². The molecule has 2 nitrogen and oxygen atoms in total. The predicted molar refractivity (Wildman–Crippen MR) is 83.8 cm³/mol. The molecule has 0 radical (unpaired) electrons. The van der Waals surface area contributed by atoms with E-state index >= 15 is 0 Å². The average Bonchev–Trinajstić information content (AvgIpc) is 3.31. The average molecular weight is 279 g/mol. The monoisotopic (exact) mass is 279 g/mol. The summed E-state index contributed by atoms with van der Waals surface area (Å²) in [5.74, 6) is 3.72. The molecule has 116 valence electrons. The van der Waals surface area contributed by atoms with Gasteiger partial charge in [-0.2, -0.15) is 0 Å². The number of hydrogen-bond acceptors (Lipinski definition) is 2. The van der Waals surface area contributed by atoms with E-state index in [1.807, 2.05) is 0 Å². The van der Waals surface area contributed by atoms with Gasteiger partial charge in [-0.1, -0.05) is 26.2 Å². The Morgan fingerprint density at radius 3 is 2.70 bits per heavy atom. The number of ether oxygens (including phenoxy) is 1. The predicted octanol–water partition coefficient (Wildman–Crippen LogP) is 4.00. The van der Waals surface area contributed by atoms with E-state index in [-0.39, 0.29) is 0 Å². The number of nitrogens with one attached hydrogen (secondary N) is 1. The molecule has 3 rings (SSSR count). The summed E-state index contributed by atoms with van der Waals surface area (Å²) in [6.07, 6.45) is 12.8. The first-order valence-electron chi connectivity index (χ1n) is 9.18. The van der Waals surface area contributed by atoms with Crippen LogP contribution in [0.2, 0.25) is 0 Å². The van der Waals surface area contributed by atoms with E-state index < -0.39 is 0 Å². The fraction of sp³-hybridized carbons (Fsp3) is 1.00. The molecule has 0 amide bonds. The maximum atomic E-state index is 5.80. The normalized spacial score (nSPS) is 38.9. The summed E-state index contributed by atoms with van der Waals surface area (Å²) in [6.45, 7) is 5.68. The Labute approximate surface area is 125 Å². The van der Waals surface area contributed by atoms with Crippen LogP contribution in [-0.4, -0.2) is 25.8 Å². The lowest BCUT2D eigenvalue weighted by Crippen LogP contribution is -2.40. The summed E-state index contributed by atoms with van der Waals surface area (Å²) in [6, 6.07) is 0.867. The van der Waals surface area contributed by atoms with Gasteiger partial charge in [0.2, 0.25) is 0 Å². The maximum absolute atomic E-state index is 5.80. The molecule has 1 heterocycles. The third-order valence-electron chi connectivity index (χ3n) is 5.90. The van der Waals surface area contributed by atoms with E-state index in [2.05, 4.69) is 12.2 Å². The third kappa shape index (κ3) is 3.98. The minimum absolute atomic E-state index is 0.856. The second kappa shape index (κ2) is 7.26. The smallest absolute Gasteiger partial charge is 0.0497 e. The lowest BCUT2D eigenvalue weighted by atomic mass is 9.66. The van der Waals surface area contributed by atoms with Gasteiger partial charge in [-0.05, 0) is 68.7 Å². The quantitative estimate of drug-likeness (QED) is 0.793. The third-order valence-corrected chi connectivity index (χ3v) is 5.90. The van der Waals surface area contributed by atoms with Gasteiger partial charge in [0.25, 0.3) is 0 Å². The van der Waals surface area contributed by atoms with Crippen LogP contribution in [0.5, 0.6) is 0 Å². The highest BCUT2D eigenvalue weighted by molar-refractivity contribution is 4.89. The molecule has 0 aromatic heterocycles. The molecule has 1 N–H and O–H groups in total. The first-order chi connectivity index (χ1) is 9.86. The Kier molecular flexibility index (Phi) is 5.39. The largest absolute Gasteiger partial charge is 0.381 e. The zero-order chi connectivity index (χ0) is 13.8. The molecular formula is C18H33NO. The summed E-state index contributed by atoms with van der Waals surface area (Å²) in [5.41, 5.74) is 0. The van der Waals surface area contributed by atoms with Crippen LogP contribution in [0.15, 0.2) is 0 Å². The lowest BCUT2D eigenvalue weighted by molar-refractivity contribution is -0.00362. The molecule has 0 aromatic rings. The zero-order valence-corrected chi connectivity index (χ0v) is 13.3. The summed E-state index contributed by atoms with van der Waals surface area (Å²) >= 11 is 0. The SMILES string of the molecule is CCCC1CCC(CNC2CC2)C(C2CCCOC2)C1. The van der Waals surface area contributed by atoms with Crippen LogP contribution in [0, 0.1) is 23.7 Å². The fourth-order valence-electron chi connectivity index (χ4n) is 4.57. The van der Waals surface area contributed by atoms with E-state index in [0.717, 1.165) is 42.9 Å². The van der Waals surface area contributed by atoms with Crippen LogP contribution in [0.3, 0.4) is 0 Å². The summed E-state index contributed by atoms with van der Waals surface area (Å²) in [7, 11) is 0. The van der Waals surface area contributed by atoms with E-state index in [1.54, 1.807) is 0 Å². The highest BCUT2D eigenvalue weighted by Gasteiger charge is 2.36. The molecule has 0 spiro atoms. The van der Waals surface area contributed by atoms with Gasteiger partial charge in [-0.3, -0.25) is 0 Å². The van der Waals surface area contributed by atoms with Crippen molar-refractivity contribution in [1.82, 2.24) is 5.32 Å². The highest BCUT2D eigenvalue weighted by atomic mass is 16.5. The van der Waals surface area contributed by atoms with Gasteiger partial charge >= 0.3 is 0 Å². The Hall–Kier alpha value is -0.0800. The first kappa shape index (κ1) is 14.8. The van der Waals surface area contributed by atoms with Crippen molar-refractivity contribution in [2.75, 3.05) is 19.8 Å². The van der Waals surface area contributed by atoms with Gasteiger partial charge in [0, 0.05) is 19.3 Å². The van der Waals surface area contributed by atoms with Gasteiger partial charge in [-0.15, -0.1) is 0 Å². The summed E-state index contributed by atoms with van der Waals surface area (Å²) in [4.78, 5) is 0. The van der Waals surface area contributed by atoms with Crippen molar-refractivity contribution < 1.29 is 4.74 Å². The first-order valence-corrected chi connectivity index (χ1v) is 9.18. The second-order valence-corrected chi connectivity index (χ2v) is 7.55. The maximum Gasteiger partial charge on any atom is 0.0497 e. The molecule has 4 unspecified atom stereocenters. The number of rotatable bonds is 6. The highest BCUT2D eigenvalue weighted by Crippen LogP contribution is 2.42. The minimum atomic E-state index is 0.856. The molecule has 4 atom stereocenters.